The largest absolute Gasteiger partial charge is 0.309 e. The van der Waals surface area contributed by atoms with Crippen molar-refractivity contribution in [2.24, 2.45) is 0 Å². The van der Waals surface area contributed by atoms with Gasteiger partial charge in [-0.1, -0.05) is 115 Å². The standard InChI is InChI=1S/C50H31N5/c1-2-12-32(13-3-1)33-22-26-36(27-23-33)53-44-19-9-5-14-37(44)40-30-34(24-28-46(40)53)35-25-29-47-41(31-35)38-15-6-10-20-45(38)54(47)50-52-42-17-7-4-16-39(42)49-51-43-18-8-11-21-48(43)55(49)50/h1-31H. The highest BCUT2D eigenvalue weighted by molar-refractivity contribution is 6.13. The quantitative estimate of drug-likeness (QED) is 0.183. The second-order valence-electron chi connectivity index (χ2n) is 14.3. The molecular weight excluding hydrogens is 671 g/mol. The first kappa shape index (κ1) is 30.0. The Bertz CT molecular complexity index is 3480. The third-order valence-electron chi connectivity index (χ3n) is 11.2. The van der Waals surface area contributed by atoms with Crippen LogP contribution in [0.1, 0.15) is 0 Å². The number of benzene rings is 8. The maximum absolute atomic E-state index is 5.34. The van der Waals surface area contributed by atoms with Gasteiger partial charge in [-0.3, -0.25) is 8.97 Å². The zero-order chi connectivity index (χ0) is 36.0. The lowest BCUT2D eigenvalue weighted by Gasteiger charge is -2.12. The van der Waals surface area contributed by atoms with Gasteiger partial charge in [-0.05, 0) is 95.1 Å². The van der Waals surface area contributed by atoms with Crippen LogP contribution in [0.3, 0.4) is 0 Å². The average Bonchev–Trinajstić information content (AvgIpc) is 3.92. The number of nitrogens with zero attached hydrogens (tertiary/aromatic N) is 5. The Morgan fingerprint density at radius 1 is 0.309 bits per heavy atom. The van der Waals surface area contributed by atoms with Gasteiger partial charge in [0.25, 0.3) is 0 Å². The van der Waals surface area contributed by atoms with Gasteiger partial charge in [-0.25, -0.2) is 9.97 Å². The predicted octanol–water partition coefficient (Wildman–Crippen LogP) is 12.6. The van der Waals surface area contributed by atoms with Gasteiger partial charge in [0.15, 0.2) is 0 Å². The summed E-state index contributed by atoms with van der Waals surface area (Å²) in [6.07, 6.45) is 0. The van der Waals surface area contributed by atoms with Crippen LogP contribution >= 0.6 is 0 Å². The van der Waals surface area contributed by atoms with Gasteiger partial charge in [0.05, 0.1) is 38.6 Å². The van der Waals surface area contributed by atoms with Gasteiger partial charge >= 0.3 is 0 Å². The molecule has 0 saturated carbocycles. The molecule has 12 rings (SSSR count). The van der Waals surface area contributed by atoms with Crippen molar-refractivity contribution in [1.82, 2.24) is 23.5 Å². The molecule has 4 heterocycles. The fourth-order valence-corrected chi connectivity index (χ4v) is 8.71. The van der Waals surface area contributed by atoms with E-state index in [-0.39, 0.29) is 0 Å². The predicted molar refractivity (Wildman–Crippen MR) is 228 cm³/mol. The van der Waals surface area contributed by atoms with E-state index >= 15 is 0 Å². The van der Waals surface area contributed by atoms with Crippen molar-refractivity contribution in [2.45, 2.75) is 0 Å². The molecule has 0 saturated heterocycles. The van der Waals surface area contributed by atoms with Crippen LogP contribution in [-0.4, -0.2) is 23.5 Å². The molecule has 0 amide bonds. The molecule has 0 aliphatic carbocycles. The van der Waals surface area contributed by atoms with Crippen molar-refractivity contribution in [3.8, 4) is 33.9 Å². The van der Waals surface area contributed by atoms with Crippen LogP contribution in [-0.2, 0) is 0 Å². The molecule has 0 radical (unpaired) electrons. The molecular formula is C50H31N5. The highest BCUT2D eigenvalue weighted by Gasteiger charge is 2.21. The molecule has 0 N–H and O–H groups in total. The van der Waals surface area contributed by atoms with Crippen LogP contribution in [0.25, 0.3) is 105 Å². The van der Waals surface area contributed by atoms with E-state index in [4.69, 9.17) is 9.97 Å². The van der Waals surface area contributed by atoms with Crippen molar-refractivity contribution < 1.29 is 0 Å². The lowest BCUT2D eigenvalue weighted by atomic mass is 10.0. The molecule has 0 spiro atoms. The molecule has 0 fully saturated rings. The number of hydrogen-bond acceptors (Lipinski definition) is 2. The molecule has 0 aliphatic rings. The second kappa shape index (κ2) is 11.5. The van der Waals surface area contributed by atoms with Gasteiger partial charge in [-0.15, -0.1) is 0 Å². The van der Waals surface area contributed by atoms with E-state index in [1.807, 2.05) is 12.1 Å². The average molecular weight is 702 g/mol. The SMILES string of the molecule is c1ccc(-c2ccc(-n3c4ccccc4c4cc(-c5ccc6c(c5)c5ccccc5n6-c5nc6ccccc6c6nc7ccccc7n56)ccc43)cc2)cc1. The topological polar surface area (TPSA) is 40.0 Å². The maximum Gasteiger partial charge on any atom is 0.221 e. The Morgan fingerprint density at radius 3 is 1.49 bits per heavy atom. The number of fused-ring (bicyclic) bond motifs is 11. The summed E-state index contributed by atoms with van der Waals surface area (Å²) < 4.78 is 6.91. The zero-order valence-electron chi connectivity index (χ0n) is 29.6. The third kappa shape index (κ3) is 4.41. The van der Waals surface area contributed by atoms with Crippen molar-refractivity contribution >= 4 is 71.2 Å². The minimum absolute atomic E-state index is 0.826. The van der Waals surface area contributed by atoms with Crippen LogP contribution in [0.2, 0.25) is 0 Å². The molecule has 5 heteroatoms. The Kier molecular flexibility index (Phi) is 6.27. The molecule has 55 heavy (non-hydrogen) atoms. The van der Waals surface area contributed by atoms with E-state index < -0.39 is 0 Å². The number of aromatic nitrogens is 5. The van der Waals surface area contributed by atoms with Crippen LogP contribution in [0.5, 0.6) is 0 Å². The number of imidazole rings is 1. The second-order valence-corrected chi connectivity index (χ2v) is 14.3. The van der Waals surface area contributed by atoms with Crippen molar-refractivity contribution in [3.63, 3.8) is 0 Å². The normalized spacial score (nSPS) is 12.0. The Labute approximate surface area is 315 Å². The van der Waals surface area contributed by atoms with Crippen LogP contribution in [0, 0.1) is 0 Å². The molecule has 256 valence electrons. The smallest absolute Gasteiger partial charge is 0.221 e. The Balaban J connectivity index is 1.05. The summed E-state index contributed by atoms with van der Waals surface area (Å²) in [5.41, 5.74) is 14.3. The van der Waals surface area contributed by atoms with Gasteiger partial charge in [0, 0.05) is 32.6 Å². The number of rotatable bonds is 4. The molecule has 0 unspecified atom stereocenters. The van der Waals surface area contributed by atoms with Crippen LogP contribution in [0.15, 0.2) is 188 Å². The Hall–Kier alpha value is -7.50. The van der Waals surface area contributed by atoms with Crippen LogP contribution < -0.4 is 0 Å². The minimum Gasteiger partial charge on any atom is -0.309 e. The van der Waals surface area contributed by atoms with E-state index in [9.17, 15) is 0 Å². The van der Waals surface area contributed by atoms with E-state index in [0.29, 0.717) is 0 Å². The Morgan fingerprint density at radius 2 is 0.800 bits per heavy atom. The first-order valence-electron chi connectivity index (χ1n) is 18.7. The summed E-state index contributed by atoms with van der Waals surface area (Å²) in [6.45, 7) is 0. The summed E-state index contributed by atoms with van der Waals surface area (Å²) in [7, 11) is 0. The van der Waals surface area contributed by atoms with Gasteiger partial charge in [0.2, 0.25) is 5.95 Å². The molecule has 0 atom stereocenters. The molecule has 0 bridgehead atoms. The summed E-state index contributed by atoms with van der Waals surface area (Å²) in [5.74, 6) is 0.826. The summed E-state index contributed by atoms with van der Waals surface area (Å²) in [5, 5.41) is 5.87. The fourth-order valence-electron chi connectivity index (χ4n) is 8.71. The van der Waals surface area contributed by atoms with Crippen LogP contribution in [0.4, 0.5) is 0 Å². The molecule has 12 aromatic rings. The van der Waals surface area contributed by atoms with E-state index in [1.165, 1.54) is 54.8 Å². The van der Waals surface area contributed by atoms with E-state index in [0.717, 1.165) is 50.3 Å². The number of hydrogen-bond donors (Lipinski definition) is 0. The van der Waals surface area contributed by atoms with Crippen molar-refractivity contribution in [1.29, 1.82) is 0 Å². The van der Waals surface area contributed by atoms with Gasteiger partial charge < -0.3 is 4.57 Å². The minimum atomic E-state index is 0.826. The van der Waals surface area contributed by atoms with Gasteiger partial charge in [0.1, 0.15) is 5.65 Å². The molecule has 8 aromatic carbocycles. The molecule has 5 nitrogen and oxygen atoms in total. The monoisotopic (exact) mass is 701 g/mol. The zero-order valence-corrected chi connectivity index (χ0v) is 29.6. The fraction of sp³-hybridized carbons (Fsp3) is 0. The molecule has 4 aromatic heterocycles. The first-order chi connectivity index (χ1) is 27.3. The van der Waals surface area contributed by atoms with Crippen molar-refractivity contribution in [2.75, 3.05) is 0 Å². The highest BCUT2D eigenvalue weighted by Crippen LogP contribution is 2.39. The third-order valence-corrected chi connectivity index (χ3v) is 11.2. The lowest BCUT2D eigenvalue weighted by Crippen LogP contribution is -2.06. The summed E-state index contributed by atoms with van der Waals surface area (Å²) >= 11 is 0. The van der Waals surface area contributed by atoms with Gasteiger partial charge in [-0.2, -0.15) is 0 Å². The lowest BCUT2D eigenvalue weighted by molar-refractivity contribution is 0.979. The van der Waals surface area contributed by atoms with E-state index in [2.05, 4.69) is 189 Å². The highest BCUT2D eigenvalue weighted by atomic mass is 15.2. The number of para-hydroxylation sites is 5. The first-order valence-corrected chi connectivity index (χ1v) is 18.7. The molecule has 0 aliphatic heterocycles. The maximum atomic E-state index is 5.34. The van der Waals surface area contributed by atoms with Crippen molar-refractivity contribution in [3.05, 3.63) is 188 Å². The summed E-state index contributed by atoms with van der Waals surface area (Å²) in [4.78, 5) is 10.5. The summed E-state index contributed by atoms with van der Waals surface area (Å²) in [6, 6.07) is 67.3. The van der Waals surface area contributed by atoms with E-state index in [1.54, 1.807) is 0 Å².